The van der Waals surface area contributed by atoms with E-state index in [2.05, 4.69) is 10.6 Å². The van der Waals surface area contributed by atoms with Gasteiger partial charge in [0.1, 0.15) is 6.10 Å². The first-order chi connectivity index (χ1) is 12.1. The summed E-state index contributed by atoms with van der Waals surface area (Å²) >= 11 is 6.13. The van der Waals surface area contributed by atoms with Crippen LogP contribution in [0.2, 0.25) is 5.02 Å². The molecule has 2 amide bonds. The Morgan fingerprint density at radius 1 is 1.00 bits per heavy atom. The van der Waals surface area contributed by atoms with Crippen LogP contribution in [0, 0.1) is 0 Å². The summed E-state index contributed by atoms with van der Waals surface area (Å²) in [5, 5.41) is 5.73. The van der Waals surface area contributed by atoms with Crippen molar-refractivity contribution >= 4 is 23.4 Å². The van der Waals surface area contributed by atoms with Gasteiger partial charge in [-0.2, -0.15) is 0 Å². The number of benzene rings is 2. The van der Waals surface area contributed by atoms with Gasteiger partial charge >= 0.3 is 11.8 Å². The van der Waals surface area contributed by atoms with E-state index in [1.807, 2.05) is 48.5 Å². The molecular formula is C19H21ClN2O3. The molecule has 0 radical (unpaired) electrons. The number of amides is 2. The molecule has 25 heavy (non-hydrogen) atoms. The highest BCUT2D eigenvalue weighted by molar-refractivity contribution is 6.35. The van der Waals surface area contributed by atoms with E-state index in [1.54, 1.807) is 6.07 Å². The second kappa shape index (κ2) is 9.81. The first-order valence-corrected chi connectivity index (χ1v) is 8.36. The van der Waals surface area contributed by atoms with Crippen LogP contribution in [0.15, 0.2) is 54.6 Å². The molecule has 0 bridgehead atoms. The zero-order chi connectivity index (χ0) is 18.1. The van der Waals surface area contributed by atoms with Crippen molar-refractivity contribution in [3.05, 3.63) is 70.7 Å². The molecule has 1 unspecified atom stereocenters. The smallest absolute Gasteiger partial charge is 0.309 e. The number of methoxy groups -OCH3 is 1. The third-order valence-electron chi connectivity index (χ3n) is 3.73. The summed E-state index contributed by atoms with van der Waals surface area (Å²) < 4.78 is 5.36. The minimum atomic E-state index is -0.692. The highest BCUT2D eigenvalue weighted by Gasteiger charge is 2.18. The van der Waals surface area contributed by atoms with Crippen LogP contribution in [0.25, 0.3) is 0 Å². The Bertz CT molecular complexity index is 707. The maximum atomic E-state index is 11.9. The zero-order valence-electron chi connectivity index (χ0n) is 14.0. The molecule has 2 rings (SSSR count). The predicted octanol–water partition coefficient (Wildman–Crippen LogP) is 2.50. The first-order valence-electron chi connectivity index (χ1n) is 7.99. The van der Waals surface area contributed by atoms with Crippen LogP contribution in [-0.4, -0.2) is 32.0 Å². The lowest BCUT2D eigenvalue weighted by molar-refractivity contribution is -0.139. The maximum absolute atomic E-state index is 11.9. The van der Waals surface area contributed by atoms with Gasteiger partial charge in [0, 0.05) is 30.8 Å². The fraction of sp³-hybridized carbons (Fsp3) is 0.263. The fourth-order valence-electron chi connectivity index (χ4n) is 2.37. The molecule has 0 aliphatic rings. The van der Waals surface area contributed by atoms with Crippen LogP contribution in [-0.2, 0) is 20.7 Å². The van der Waals surface area contributed by atoms with Gasteiger partial charge in [0.25, 0.3) is 0 Å². The Labute approximate surface area is 152 Å². The number of halogens is 1. The van der Waals surface area contributed by atoms with Crippen molar-refractivity contribution < 1.29 is 14.3 Å². The molecule has 0 saturated carbocycles. The van der Waals surface area contributed by atoms with Gasteiger partial charge in [-0.1, -0.05) is 60.1 Å². The van der Waals surface area contributed by atoms with Crippen LogP contribution >= 0.6 is 11.6 Å². The standard InChI is InChI=1S/C19H21ClN2O3/c1-25-17(15-9-5-6-10-16(15)20)13-22-19(24)18(23)21-12-11-14-7-3-2-4-8-14/h2-10,17H,11-13H2,1H3,(H,21,23)(H,22,24). The van der Waals surface area contributed by atoms with Crippen molar-refractivity contribution in [1.82, 2.24) is 10.6 Å². The molecular weight excluding hydrogens is 340 g/mol. The Morgan fingerprint density at radius 2 is 1.64 bits per heavy atom. The third-order valence-corrected chi connectivity index (χ3v) is 4.08. The number of carbonyl (C=O) groups excluding carboxylic acids is 2. The van der Waals surface area contributed by atoms with Crippen molar-refractivity contribution in [2.45, 2.75) is 12.5 Å². The van der Waals surface area contributed by atoms with Gasteiger partial charge in [-0.3, -0.25) is 9.59 Å². The Balaban J connectivity index is 1.78. The Morgan fingerprint density at radius 3 is 2.32 bits per heavy atom. The van der Waals surface area contributed by atoms with Crippen LogP contribution in [0.3, 0.4) is 0 Å². The molecule has 5 nitrogen and oxygen atoms in total. The van der Waals surface area contributed by atoms with E-state index in [1.165, 1.54) is 7.11 Å². The van der Waals surface area contributed by atoms with Gasteiger partial charge in [0.2, 0.25) is 0 Å². The summed E-state index contributed by atoms with van der Waals surface area (Å²) in [4.78, 5) is 23.8. The van der Waals surface area contributed by atoms with E-state index in [-0.39, 0.29) is 6.54 Å². The SMILES string of the molecule is COC(CNC(=O)C(=O)NCCc1ccccc1)c1ccccc1Cl. The molecule has 0 aliphatic carbocycles. The lowest BCUT2D eigenvalue weighted by Gasteiger charge is -2.17. The second-order valence-electron chi connectivity index (χ2n) is 5.45. The summed E-state index contributed by atoms with van der Waals surface area (Å²) in [5.41, 5.74) is 1.86. The van der Waals surface area contributed by atoms with Gasteiger partial charge in [0.05, 0.1) is 0 Å². The molecule has 0 saturated heterocycles. The van der Waals surface area contributed by atoms with Crippen LogP contribution in [0.4, 0.5) is 0 Å². The van der Waals surface area contributed by atoms with Gasteiger partial charge < -0.3 is 15.4 Å². The molecule has 132 valence electrons. The van der Waals surface area contributed by atoms with E-state index in [0.717, 1.165) is 11.1 Å². The van der Waals surface area contributed by atoms with Gasteiger partial charge in [-0.05, 0) is 18.1 Å². The summed E-state index contributed by atoms with van der Waals surface area (Å²) in [6.45, 7) is 0.555. The molecule has 2 aromatic carbocycles. The van der Waals surface area contributed by atoms with Gasteiger partial charge in [-0.15, -0.1) is 0 Å². The highest BCUT2D eigenvalue weighted by atomic mass is 35.5. The molecule has 2 aromatic rings. The van der Waals surface area contributed by atoms with Gasteiger partial charge in [0.15, 0.2) is 0 Å². The molecule has 0 spiro atoms. The monoisotopic (exact) mass is 360 g/mol. The minimum absolute atomic E-state index is 0.158. The minimum Gasteiger partial charge on any atom is -0.375 e. The van der Waals surface area contributed by atoms with Crippen LogP contribution in [0.5, 0.6) is 0 Å². The maximum Gasteiger partial charge on any atom is 0.309 e. The number of carbonyl (C=O) groups is 2. The summed E-state index contributed by atoms with van der Waals surface area (Å²) in [6, 6.07) is 17.0. The van der Waals surface area contributed by atoms with Gasteiger partial charge in [-0.25, -0.2) is 0 Å². The lowest BCUT2D eigenvalue weighted by atomic mass is 10.1. The number of ether oxygens (including phenoxy) is 1. The third kappa shape index (κ3) is 5.89. The molecule has 2 N–H and O–H groups in total. The van der Waals surface area contributed by atoms with E-state index >= 15 is 0 Å². The Hall–Kier alpha value is -2.37. The second-order valence-corrected chi connectivity index (χ2v) is 5.85. The normalized spacial score (nSPS) is 11.6. The fourth-order valence-corrected chi connectivity index (χ4v) is 2.62. The topological polar surface area (TPSA) is 67.4 Å². The average molecular weight is 361 g/mol. The first kappa shape index (κ1) is 19.0. The predicted molar refractivity (Wildman–Crippen MR) is 97.4 cm³/mol. The van der Waals surface area contributed by atoms with Crippen molar-refractivity contribution in [3.8, 4) is 0 Å². The molecule has 0 heterocycles. The number of hydrogen-bond acceptors (Lipinski definition) is 3. The number of hydrogen-bond donors (Lipinski definition) is 2. The van der Waals surface area contributed by atoms with Crippen LogP contribution < -0.4 is 10.6 Å². The van der Waals surface area contributed by atoms with E-state index < -0.39 is 17.9 Å². The molecule has 6 heteroatoms. The molecule has 0 aromatic heterocycles. The molecule has 1 atom stereocenters. The lowest BCUT2D eigenvalue weighted by Crippen LogP contribution is -2.42. The summed E-state index contributed by atoms with van der Waals surface area (Å²) in [7, 11) is 1.53. The van der Waals surface area contributed by atoms with Crippen molar-refractivity contribution in [3.63, 3.8) is 0 Å². The Kier molecular flexibility index (Phi) is 7.44. The van der Waals surface area contributed by atoms with E-state index in [0.29, 0.717) is 18.0 Å². The average Bonchev–Trinajstić information content (AvgIpc) is 2.64. The molecule has 0 aliphatic heterocycles. The highest BCUT2D eigenvalue weighted by Crippen LogP contribution is 2.24. The van der Waals surface area contributed by atoms with E-state index in [4.69, 9.17) is 16.3 Å². The molecule has 0 fully saturated rings. The van der Waals surface area contributed by atoms with E-state index in [9.17, 15) is 9.59 Å². The van der Waals surface area contributed by atoms with Crippen LogP contribution in [0.1, 0.15) is 17.2 Å². The van der Waals surface area contributed by atoms with Crippen molar-refractivity contribution in [2.24, 2.45) is 0 Å². The quantitative estimate of drug-likeness (QED) is 0.745. The summed E-state index contributed by atoms with van der Waals surface area (Å²) in [5.74, 6) is -1.35. The number of rotatable bonds is 7. The van der Waals surface area contributed by atoms with Crippen molar-refractivity contribution in [1.29, 1.82) is 0 Å². The van der Waals surface area contributed by atoms with Crippen molar-refractivity contribution in [2.75, 3.05) is 20.2 Å². The summed E-state index contributed by atoms with van der Waals surface area (Å²) in [6.07, 6.45) is 0.245. The number of nitrogens with one attached hydrogen (secondary N) is 2. The zero-order valence-corrected chi connectivity index (χ0v) is 14.8. The largest absolute Gasteiger partial charge is 0.375 e.